The SMILES string of the molecule is CC[C@H](C)[C@H](NCC(=O)N1CCN(Cc2c(F)cccc2Cl)CC1)C(=O)O. The van der Waals surface area contributed by atoms with Gasteiger partial charge in [-0.05, 0) is 18.1 Å². The molecule has 150 valence electrons. The number of halogens is 2. The fraction of sp³-hybridized carbons (Fsp3) is 0.579. The lowest BCUT2D eigenvalue weighted by atomic mass is 9.99. The Bertz CT molecular complexity index is 645. The van der Waals surface area contributed by atoms with Crippen molar-refractivity contribution < 1.29 is 19.1 Å². The van der Waals surface area contributed by atoms with Crippen LogP contribution in [0.3, 0.4) is 0 Å². The molecule has 0 radical (unpaired) electrons. The van der Waals surface area contributed by atoms with Crippen LogP contribution in [-0.2, 0) is 16.1 Å². The van der Waals surface area contributed by atoms with Crippen molar-refractivity contribution in [3.8, 4) is 0 Å². The van der Waals surface area contributed by atoms with Crippen LogP contribution in [0.2, 0.25) is 5.02 Å². The Balaban J connectivity index is 1.82. The van der Waals surface area contributed by atoms with Gasteiger partial charge in [-0.25, -0.2) is 4.39 Å². The first kappa shape index (κ1) is 21.6. The Morgan fingerprint density at radius 3 is 2.52 bits per heavy atom. The van der Waals surface area contributed by atoms with E-state index >= 15 is 0 Å². The van der Waals surface area contributed by atoms with Gasteiger partial charge in [-0.2, -0.15) is 0 Å². The molecule has 0 bridgehead atoms. The number of aliphatic carboxylic acids is 1. The maximum Gasteiger partial charge on any atom is 0.320 e. The highest BCUT2D eigenvalue weighted by atomic mass is 35.5. The third kappa shape index (κ3) is 5.89. The number of rotatable bonds is 8. The van der Waals surface area contributed by atoms with E-state index in [1.54, 1.807) is 17.0 Å². The van der Waals surface area contributed by atoms with E-state index in [1.807, 2.05) is 13.8 Å². The minimum atomic E-state index is -0.941. The third-order valence-corrected chi connectivity index (χ3v) is 5.47. The molecular formula is C19H27ClFN3O3. The monoisotopic (exact) mass is 399 g/mol. The Hall–Kier alpha value is -1.70. The van der Waals surface area contributed by atoms with Crippen molar-refractivity contribution in [2.45, 2.75) is 32.9 Å². The molecule has 1 aromatic carbocycles. The van der Waals surface area contributed by atoms with Crippen LogP contribution >= 0.6 is 11.6 Å². The number of nitrogens with zero attached hydrogens (tertiary/aromatic N) is 2. The number of carbonyl (C=O) groups is 2. The summed E-state index contributed by atoms with van der Waals surface area (Å²) in [7, 11) is 0. The predicted octanol–water partition coefficient (Wildman–Crippen LogP) is 2.21. The highest BCUT2D eigenvalue weighted by Gasteiger charge is 2.26. The van der Waals surface area contributed by atoms with Gasteiger partial charge in [-0.3, -0.25) is 19.8 Å². The van der Waals surface area contributed by atoms with Crippen LogP contribution in [0.15, 0.2) is 18.2 Å². The summed E-state index contributed by atoms with van der Waals surface area (Å²) in [5.41, 5.74) is 0.471. The van der Waals surface area contributed by atoms with Gasteiger partial charge in [0.05, 0.1) is 6.54 Å². The fourth-order valence-electron chi connectivity index (χ4n) is 3.14. The molecular weight excluding hydrogens is 373 g/mol. The number of carboxylic acid groups (broad SMARTS) is 1. The van der Waals surface area contributed by atoms with Crippen LogP contribution in [0.1, 0.15) is 25.8 Å². The van der Waals surface area contributed by atoms with E-state index in [9.17, 15) is 19.1 Å². The number of hydrogen-bond acceptors (Lipinski definition) is 4. The summed E-state index contributed by atoms with van der Waals surface area (Å²) >= 11 is 6.07. The number of benzene rings is 1. The van der Waals surface area contributed by atoms with Crippen molar-refractivity contribution >= 4 is 23.5 Å². The van der Waals surface area contributed by atoms with E-state index in [0.29, 0.717) is 43.3 Å². The molecule has 1 fully saturated rings. The molecule has 2 atom stereocenters. The molecule has 1 amide bonds. The van der Waals surface area contributed by atoms with Crippen molar-refractivity contribution in [1.82, 2.24) is 15.1 Å². The summed E-state index contributed by atoms with van der Waals surface area (Å²) in [6.45, 7) is 6.45. The average molecular weight is 400 g/mol. The summed E-state index contributed by atoms with van der Waals surface area (Å²) in [5.74, 6) is -1.44. The Morgan fingerprint density at radius 1 is 1.30 bits per heavy atom. The summed E-state index contributed by atoms with van der Waals surface area (Å²) in [6.07, 6.45) is 0.718. The smallest absolute Gasteiger partial charge is 0.320 e. The maximum absolute atomic E-state index is 13.9. The molecule has 0 aromatic heterocycles. The van der Waals surface area contributed by atoms with Crippen molar-refractivity contribution in [3.05, 3.63) is 34.6 Å². The lowest BCUT2D eigenvalue weighted by molar-refractivity contribution is -0.141. The number of nitrogens with one attached hydrogen (secondary N) is 1. The highest BCUT2D eigenvalue weighted by molar-refractivity contribution is 6.31. The second-order valence-corrected chi connectivity index (χ2v) is 7.35. The molecule has 27 heavy (non-hydrogen) atoms. The van der Waals surface area contributed by atoms with Crippen LogP contribution in [-0.4, -0.2) is 65.5 Å². The van der Waals surface area contributed by atoms with Gasteiger partial charge in [0.1, 0.15) is 11.9 Å². The van der Waals surface area contributed by atoms with Gasteiger partial charge in [0.15, 0.2) is 0 Å². The topological polar surface area (TPSA) is 72.9 Å². The van der Waals surface area contributed by atoms with Gasteiger partial charge in [-0.15, -0.1) is 0 Å². The van der Waals surface area contributed by atoms with E-state index in [4.69, 9.17) is 11.6 Å². The third-order valence-electron chi connectivity index (χ3n) is 5.12. The first-order valence-corrected chi connectivity index (χ1v) is 9.60. The molecule has 2 rings (SSSR count). The van der Waals surface area contributed by atoms with Gasteiger partial charge in [0.2, 0.25) is 5.91 Å². The van der Waals surface area contributed by atoms with E-state index in [2.05, 4.69) is 10.2 Å². The molecule has 1 aromatic rings. The first-order chi connectivity index (χ1) is 12.8. The molecule has 0 aliphatic carbocycles. The minimum absolute atomic E-state index is 0.000445. The van der Waals surface area contributed by atoms with Crippen molar-refractivity contribution in [3.63, 3.8) is 0 Å². The van der Waals surface area contributed by atoms with Crippen LogP contribution in [0, 0.1) is 11.7 Å². The second-order valence-electron chi connectivity index (χ2n) is 6.94. The molecule has 8 heteroatoms. The molecule has 1 saturated heterocycles. The van der Waals surface area contributed by atoms with E-state index in [0.717, 1.165) is 6.42 Å². The Kier molecular flexibility index (Phi) is 8.01. The van der Waals surface area contributed by atoms with Gasteiger partial charge in [0.25, 0.3) is 0 Å². The average Bonchev–Trinajstić information content (AvgIpc) is 2.64. The molecule has 1 aliphatic rings. The van der Waals surface area contributed by atoms with Crippen molar-refractivity contribution in [2.75, 3.05) is 32.7 Å². The lowest BCUT2D eigenvalue weighted by Gasteiger charge is -2.35. The van der Waals surface area contributed by atoms with Gasteiger partial charge >= 0.3 is 5.97 Å². The van der Waals surface area contributed by atoms with E-state index in [1.165, 1.54) is 6.07 Å². The summed E-state index contributed by atoms with van der Waals surface area (Å²) in [4.78, 5) is 27.5. The molecule has 0 saturated carbocycles. The standard InChI is InChI=1S/C19H27ClFN3O3/c1-3-13(2)18(19(26)27)22-11-17(25)24-9-7-23(8-10-24)12-14-15(20)5-4-6-16(14)21/h4-6,13,18,22H,3,7-12H2,1-2H3,(H,26,27)/t13-,18-/m0/s1. The van der Waals surface area contributed by atoms with Gasteiger partial charge in [-0.1, -0.05) is 37.9 Å². The van der Waals surface area contributed by atoms with E-state index in [-0.39, 0.29) is 24.2 Å². The quantitative estimate of drug-likeness (QED) is 0.701. The van der Waals surface area contributed by atoms with Crippen LogP contribution < -0.4 is 5.32 Å². The van der Waals surface area contributed by atoms with Crippen LogP contribution in [0.4, 0.5) is 4.39 Å². The van der Waals surface area contributed by atoms with Crippen molar-refractivity contribution in [1.29, 1.82) is 0 Å². The Labute approximate surface area is 164 Å². The number of piperazine rings is 1. The summed E-state index contributed by atoms with van der Waals surface area (Å²) < 4.78 is 13.9. The Morgan fingerprint density at radius 2 is 1.96 bits per heavy atom. The van der Waals surface area contributed by atoms with Gasteiger partial charge in [0, 0.05) is 43.3 Å². The molecule has 1 aliphatic heterocycles. The predicted molar refractivity (Wildman–Crippen MR) is 102 cm³/mol. The molecule has 1 heterocycles. The zero-order valence-electron chi connectivity index (χ0n) is 15.8. The van der Waals surface area contributed by atoms with Crippen LogP contribution in [0.25, 0.3) is 0 Å². The van der Waals surface area contributed by atoms with E-state index < -0.39 is 12.0 Å². The molecule has 6 nitrogen and oxygen atoms in total. The van der Waals surface area contributed by atoms with Crippen LogP contribution in [0.5, 0.6) is 0 Å². The van der Waals surface area contributed by atoms with Crippen molar-refractivity contribution in [2.24, 2.45) is 5.92 Å². The summed E-state index contributed by atoms with van der Waals surface area (Å²) in [5, 5.41) is 12.5. The largest absolute Gasteiger partial charge is 0.480 e. The number of hydrogen-bond donors (Lipinski definition) is 2. The lowest BCUT2D eigenvalue weighted by Crippen LogP contribution is -2.52. The number of carbonyl (C=O) groups excluding carboxylic acids is 1. The normalized spacial score (nSPS) is 17.6. The second kappa shape index (κ2) is 10.0. The first-order valence-electron chi connectivity index (χ1n) is 9.22. The molecule has 2 N–H and O–H groups in total. The zero-order chi connectivity index (χ0) is 20.0. The highest BCUT2D eigenvalue weighted by Crippen LogP contribution is 2.21. The van der Waals surface area contributed by atoms with Gasteiger partial charge < -0.3 is 10.0 Å². The number of carboxylic acids is 1. The number of amides is 1. The maximum atomic E-state index is 13.9. The zero-order valence-corrected chi connectivity index (χ0v) is 16.5. The summed E-state index contributed by atoms with van der Waals surface area (Å²) in [6, 6.07) is 3.90. The molecule has 0 unspecified atom stereocenters. The minimum Gasteiger partial charge on any atom is -0.480 e. The molecule has 0 spiro atoms. The fourth-order valence-corrected chi connectivity index (χ4v) is 3.36.